The number of hydrogen-bond donors (Lipinski definition) is 1. The molecule has 0 saturated carbocycles. The highest BCUT2D eigenvalue weighted by Crippen LogP contribution is 2.25. The van der Waals surface area contributed by atoms with Gasteiger partial charge in [0.15, 0.2) is 5.82 Å². The molecule has 2 aromatic rings. The van der Waals surface area contributed by atoms with E-state index in [1.165, 1.54) is 12.1 Å². The van der Waals surface area contributed by atoms with E-state index in [4.69, 9.17) is 21.1 Å². The third-order valence-electron chi connectivity index (χ3n) is 2.39. The monoisotopic (exact) mass is 297 g/mol. The second kappa shape index (κ2) is 6.49. The summed E-state index contributed by atoms with van der Waals surface area (Å²) >= 11 is 5.62. The molecule has 0 saturated heterocycles. The Kier molecular flexibility index (Phi) is 4.70. The van der Waals surface area contributed by atoms with Crippen LogP contribution in [0, 0.1) is 5.82 Å². The molecule has 0 aliphatic carbocycles. The van der Waals surface area contributed by atoms with Gasteiger partial charge in [-0.25, -0.2) is 9.37 Å². The molecule has 2 rings (SSSR count). The number of methoxy groups -OCH3 is 1. The number of halogens is 2. The Hall–Kier alpha value is -1.92. The van der Waals surface area contributed by atoms with Gasteiger partial charge >= 0.3 is 0 Å². The predicted molar refractivity (Wildman–Crippen MR) is 73.8 cm³/mol. The SMILES string of the molecule is CNc1cc(Oc2ccc(Cl)c(F)c2)nc(COC)n1. The van der Waals surface area contributed by atoms with E-state index in [1.54, 1.807) is 26.3 Å². The molecule has 5 nitrogen and oxygen atoms in total. The fraction of sp³-hybridized carbons (Fsp3) is 0.231. The Morgan fingerprint density at radius 3 is 2.75 bits per heavy atom. The Morgan fingerprint density at radius 1 is 1.30 bits per heavy atom. The molecular formula is C13H13ClFN3O2. The topological polar surface area (TPSA) is 56.3 Å². The van der Waals surface area contributed by atoms with E-state index in [9.17, 15) is 4.39 Å². The molecule has 1 heterocycles. The van der Waals surface area contributed by atoms with E-state index in [-0.39, 0.29) is 17.5 Å². The first-order chi connectivity index (χ1) is 9.62. The summed E-state index contributed by atoms with van der Waals surface area (Å²) in [5.74, 6) is 1.08. The molecule has 1 N–H and O–H groups in total. The fourth-order valence-corrected chi connectivity index (χ4v) is 1.63. The molecule has 0 spiro atoms. The fourth-order valence-electron chi connectivity index (χ4n) is 1.51. The second-order valence-corrected chi connectivity index (χ2v) is 4.28. The van der Waals surface area contributed by atoms with Gasteiger partial charge in [-0.05, 0) is 12.1 Å². The number of aromatic nitrogens is 2. The summed E-state index contributed by atoms with van der Waals surface area (Å²) in [6, 6.07) is 5.77. The lowest BCUT2D eigenvalue weighted by Gasteiger charge is -2.09. The number of hydrogen-bond acceptors (Lipinski definition) is 5. The van der Waals surface area contributed by atoms with E-state index < -0.39 is 5.82 Å². The van der Waals surface area contributed by atoms with Crippen molar-refractivity contribution in [1.29, 1.82) is 0 Å². The highest BCUT2D eigenvalue weighted by Gasteiger charge is 2.08. The Balaban J connectivity index is 2.27. The average Bonchev–Trinajstić information content (AvgIpc) is 2.43. The van der Waals surface area contributed by atoms with Crippen molar-refractivity contribution in [2.45, 2.75) is 6.61 Å². The standard InChI is InChI=1S/C13H13ClFN3O2/c1-16-11-6-13(18-12(17-11)7-19-2)20-8-3-4-9(14)10(15)5-8/h3-6H,7H2,1-2H3,(H,16,17,18). The minimum Gasteiger partial charge on any atom is -0.439 e. The van der Waals surface area contributed by atoms with E-state index >= 15 is 0 Å². The maximum atomic E-state index is 13.4. The number of benzene rings is 1. The van der Waals surface area contributed by atoms with Gasteiger partial charge in [0.05, 0.1) is 5.02 Å². The maximum Gasteiger partial charge on any atom is 0.224 e. The van der Waals surface area contributed by atoms with Crippen molar-refractivity contribution in [3.63, 3.8) is 0 Å². The first-order valence-corrected chi connectivity index (χ1v) is 6.17. The molecular weight excluding hydrogens is 285 g/mol. The van der Waals surface area contributed by atoms with Gasteiger partial charge in [0, 0.05) is 26.3 Å². The largest absolute Gasteiger partial charge is 0.439 e. The van der Waals surface area contributed by atoms with Crippen molar-refractivity contribution < 1.29 is 13.9 Å². The van der Waals surface area contributed by atoms with Gasteiger partial charge in [-0.1, -0.05) is 11.6 Å². The molecule has 0 aliphatic heterocycles. The van der Waals surface area contributed by atoms with Crippen LogP contribution in [0.1, 0.15) is 5.82 Å². The minimum atomic E-state index is -0.552. The molecule has 1 aromatic carbocycles. The zero-order valence-corrected chi connectivity index (χ0v) is 11.7. The quantitative estimate of drug-likeness (QED) is 0.918. The Bertz CT molecular complexity index is 610. The Labute approximate surface area is 120 Å². The van der Waals surface area contributed by atoms with Gasteiger partial charge in [-0.3, -0.25) is 0 Å². The molecule has 1 aromatic heterocycles. The molecule has 7 heteroatoms. The summed E-state index contributed by atoms with van der Waals surface area (Å²) in [6.45, 7) is 0.251. The summed E-state index contributed by atoms with van der Waals surface area (Å²) in [5, 5.41) is 2.93. The van der Waals surface area contributed by atoms with Crippen molar-refractivity contribution in [2.75, 3.05) is 19.5 Å². The summed E-state index contributed by atoms with van der Waals surface area (Å²) < 4.78 is 23.8. The van der Waals surface area contributed by atoms with Crippen LogP contribution < -0.4 is 10.1 Å². The lowest BCUT2D eigenvalue weighted by Crippen LogP contribution is -2.03. The molecule has 0 atom stereocenters. The summed E-state index contributed by atoms with van der Waals surface area (Å²) in [6.07, 6.45) is 0. The molecule has 0 bridgehead atoms. The van der Waals surface area contributed by atoms with Crippen LogP contribution in [-0.4, -0.2) is 24.1 Å². The normalized spacial score (nSPS) is 10.4. The molecule has 106 valence electrons. The van der Waals surface area contributed by atoms with Gasteiger partial charge in [0.2, 0.25) is 5.88 Å². The van der Waals surface area contributed by atoms with Crippen LogP contribution in [0.25, 0.3) is 0 Å². The number of ether oxygens (including phenoxy) is 2. The number of nitrogens with one attached hydrogen (secondary N) is 1. The van der Waals surface area contributed by atoms with E-state index in [0.717, 1.165) is 0 Å². The van der Waals surface area contributed by atoms with Crippen molar-refractivity contribution >= 4 is 17.4 Å². The van der Waals surface area contributed by atoms with E-state index in [1.807, 2.05) is 0 Å². The number of nitrogens with zero attached hydrogens (tertiary/aromatic N) is 2. The third kappa shape index (κ3) is 3.55. The van der Waals surface area contributed by atoms with Gasteiger partial charge in [0.1, 0.15) is 24.0 Å². The van der Waals surface area contributed by atoms with Crippen LogP contribution in [0.5, 0.6) is 11.6 Å². The molecule has 20 heavy (non-hydrogen) atoms. The summed E-state index contributed by atoms with van der Waals surface area (Å²) in [4.78, 5) is 8.36. The predicted octanol–water partition coefficient (Wildman–Crippen LogP) is 3.25. The highest BCUT2D eigenvalue weighted by atomic mass is 35.5. The zero-order chi connectivity index (χ0) is 14.5. The van der Waals surface area contributed by atoms with Crippen LogP contribution in [0.4, 0.5) is 10.2 Å². The molecule has 0 aliphatic rings. The average molecular weight is 298 g/mol. The van der Waals surface area contributed by atoms with E-state index in [2.05, 4.69) is 15.3 Å². The van der Waals surface area contributed by atoms with Crippen LogP contribution in [0.2, 0.25) is 5.02 Å². The van der Waals surface area contributed by atoms with Gasteiger partial charge in [0.25, 0.3) is 0 Å². The molecule has 0 amide bonds. The Morgan fingerprint density at radius 2 is 2.10 bits per heavy atom. The third-order valence-corrected chi connectivity index (χ3v) is 2.70. The van der Waals surface area contributed by atoms with Gasteiger partial charge in [-0.2, -0.15) is 4.98 Å². The first kappa shape index (κ1) is 14.5. The highest BCUT2D eigenvalue weighted by molar-refractivity contribution is 6.30. The summed E-state index contributed by atoms with van der Waals surface area (Å²) in [5.41, 5.74) is 0. The molecule has 0 fully saturated rings. The summed E-state index contributed by atoms with van der Waals surface area (Å²) in [7, 11) is 3.27. The molecule has 0 unspecified atom stereocenters. The second-order valence-electron chi connectivity index (χ2n) is 3.87. The van der Waals surface area contributed by atoms with Crippen LogP contribution in [0.3, 0.4) is 0 Å². The van der Waals surface area contributed by atoms with Crippen molar-refractivity contribution in [3.8, 4) is 11.6 Å². The molecule has 0 radical (unpaired) electrons. The van der Waals surface area contributed by atoms with Crippen molar-refractivity contribution in [1.82, 2.24) is 9.97 Å². The minimum absolute atomic E-state index is 0.0380. The zero-order valence-electron chi connectivity index (χ0n) is 11.0. The van der Waals surface area contributed by atoms with Crippen molar-refractivity contribution in [2.24, 2.45) is 0 Å². The maximum absolute atomic E-state index is 13.4. The van der Waals surface area contributed by atoms with Crippen LogP contribution in [0.15, 0.2) is 24.3 Å². The van der Waals surface area contributed by atoms with Crippen LogP contribution >= 0.6 is 11.6 Å². The van der Waals surface area contributed by atoms with Gasteiger partial charge < -0.3 is 14.8 Å². The first-order valence-electron chi connectivity index (χ1n) is 5.80. The van der Waals surface area contributed by atoms with Crippen LogP contribution in [-0.2, 0) is 11.3 Å². The number of rotatable bonds is 5. The van der Waals surface area contributed by atoms with E-state index in [0.29, 0.717) is 17.4 Å². The number of anilines is 1. The lowest BCUT2D eigenvalue weighted by atomic mass is 10.3. The van der Waals surface area contributed by atoms with Gasteiger partial charge in [-0.15, -0.1) is 0 Å². The smallest absolute Gasteiger partial charge is 0.224 e. The van der Waals surface area contributed by atoms with Crippen molar-refractivity contribution in [3.05, 3.63) is 40.9 Å². The lowest BCUT2D eigenvalue weighted by molar-refractivity contribution is 0.177.